The standard InChI is InChI=1S/C6H5Cl4F2N3/c1-2-13-4(7)14-3(6(8,9)10)15(2)5(11)12/h3,5H,1H3. The van der Waals surface area contributed by atoms with Gasteiger partial charge in [-0.05, 0) is 18.5 Å². The molecule has 86 valence electrons. The van der Waals surface area contributed by atoms with Crippen molar-refractivity contribution in [3.8, 4) is 0 Å². The van der Waals surface area contributed by atoms with Gasteiger partial charge in [0.2, 0.25) is 9.09 Å². The molecule has 0 aliphatic carbocycles. The van der Waals surface area contributed by atoms with Crippen LogP contribution in [-0.4, -0.2) is 32.5 Å². The zero-order valence-corrected chi connectivity index (χ0v) is 10.3. The number of hydrogen-bond acceptors (Lipinski definition) is 3. The average Bonchev–Trinajstić information content (AvgIpc) is 1.99. The van der Waals surface area contributed by atoms with Gasteiger partial charge in [0.1, 0.15) is 5.84 Å². The van der Waals surface area contributed by atoms with Crippen LogP contribution in [0.2, 0.25) is 0 Å². The lowest BCUT2D eigenvalue weighted by atomic mass is 10.4. The minimum Gasteiger partial charge on any atom is -0.277 e. The fourth-order valence-electron chi connectivity index (χ4n) is 1.04. The Hall–Kier alpha value is 0.160. The van der Waals surface area contributed by atoms with Crippen LogP contribution in [-0.2, 0) is 0 Å². The summed E-state index contributed by atoms with van der Waals surface area (Å²) in [5.74, 6) is -0.0543. The van der Waals surface area contributed by atoms with Gasteiger partial charge in [-0.15, -0.1) is 0 Å². The van der Waals surface area contributed by atoms with Crippen LogP contribution in [0, 0.1) is 0 Å². The molecule has 0 aromatic heterocycles. The molecule has 1 atom stereocenters. The molecule has 0 saturated carbocycles. The minimum absolute atomic E-state index is 0.0543. The van der Waals surface area contributed by atoms with E-state index in [1.165, 1.54) is 6.92 Å². The smallest absolute Gasteiger partial charge is 0.277 e. The van der Waals surface area contributed by atoms with Crippen LogP contribution in [0.25, 0.3) is 0 Å². The molecule has 1 aliphatic heterocycles. The van der Waals surface area contributed by atoms with Crippen LogP contribution in [0.15, 0.2) is 9.98 Å². The first kappa shape index (κ1) is 13.2. The third-order valence-corrected chi connectivity index (χ3v) is 2.39. The molecule has 0 fully saturated rings. The molecule has 0 aromatic rings. The highest BCUT2D eigenvalue weighted by molar-refractivity contribution is 6.69. The number of halogens is 6. The van der Waals surface area contributed by atoms with Crippen molar-refractivity contribution in [3.63, 3.8) is 0 Å². The maximum atomic E-state index is 12.6. The number of nitrogens with zero attached hydrogens (tertiary/aromatic N) is 3. The van der Waals surface area contributed by atoms with Gasteiger partial charge in [0.05, 0.1) is 0 Å². The van der Waals surface area contributed by atoms with Crippen LogP contribution in [0.1, 0.15) is 6.92 Å². The van der Waals surface area contributed by atoms with E-state index in [2.05, 4.69) is 9.98 Å². The molecular formula is C6H5Cl4F2N3. The van der Waals surface area contributed by atoms with Gasteiger partial charge < -0.3 is 0 Å². The van der Waals surface area contributed by atoms with Gasteiger partial charge in [0, 0.05) is 0 Å². The Bertz CT molecular complexity index is 312. The number of aliphatic imine (C=N–C) groups is 2. The van der Waals surface area contributed by atoms with Crippen molar-refractivity contribution in [2.24, 2.45) is 9.98 Å². The van der Waals surface area contributed by atoms with E-state index in [1.807, 2.05) is 0 Å². The van der Waals surface area contributed by atoms with Crippen molar-refractivity contribution < 1.29 is 8.78 Å². The third kappa shape index (κ3) is 3.06. The molecule has 0 aromatic carbocycles. The second-order valence-electron chi connectivity index (χ2n) is 2.66. The van der Waals surface area contributed by atoms with Gasteiger partial charge in [-0.1, -0.05) is 34.8 Å². The lowest BCUT2D eigenvalue weighted by molar-refractivity contribution is -0.00193. The molecule has 1 rings (SSSR count). The Morgan fingerprint density at radius 3 is 2.33 bits per heavy atom. The summed E-state index contributed by atoms with van der Waals surface area (Å²) in [7, 11) is 0. The van der Waals surface area contributed by atoms with Crippen molar-refractivity contribution in [2.75, 3.05) is 0 Å². The molecule has 0 saturated heterocycles. The van der Waals surface area contributed by atoms with Crippen molar-refractivity contribution >= 4 is 57.5 Å². The van der Waals surface area contributed by atoms with Crippen LogP contribution in [0.4, 0.5) is 8.78 Å². The van der Waals surface area contributed by atoms with E-state index in [1.54, 1.807) is 0 Å². The number of alkyl halides is 5. The summed E-state index contributed by atoms with van der Waals surface area (Å²) in [6, 6.07) is 0. The van der Waals surface area contributed by atoms with E-state index in [0.717, 1.165) is 0 Å². The number of rotatable bonds is 1. The van der Waals surface area contributed by atoms with Crippen LogP contribution in [0.3, 0.4) is 0 Å². The normalized spacial score (nSPS) is 22.9. The predicted molar refractivity (Wildman–Crippen MR) is 58.3 cm³/mol. The van der Waals surface area contributed by atoms with Crippen molar-refractivity contribution in [2.45, 2.75) is 23.4 Å². The first-order valence-corrected chi connectivity index (χ1v) is 5.16. The maximum absolute atomic E-state index is 12.6. The maximum Gasteiger partial charge on any atom is 0.318 e. The largest absolute Gasteiger partial charge is 0.318 e. The molecule has 1 heterocycles. The third-order valence-electron chi connectivity index (χ3n) is 1.62. The highest BCUT2D eigenvalue weighted by atomic mass is 35.6. The molecule has 0 bridgehead atoms. The molecule has 0 N–H and O–H groups in total. The Balaban J connectivity index is 3.08. The molecule has 9 heteroatoms. The zero-order valence-electron chi connectivity index (χ0n) is 7.26. The molecule has 0 amide bonds. The van der Waals surface area contributed by atoms with Gasteiger partial charge >= 0.3 is 6.55 Å². The molecule has 0 spiro atoms. The van der Waals surface area contributed by atoms with E-state index in [4.69, 9.17) is 46.4 Å². The monoisotopic (exact) mass is 297 g/mol. The summed E-state index contributed by atoms with van der Waals surface area (Å²) in [4.78, 5) is 7.59. The first-order valence-electron chi connectivity index (χ1n) is 3.65. The van der Waals surface area contributed by atoms with Crippen molar-refractivity contribution in [1.82, 2.24) is 4.90 Å². The van der Waals surface area contributed by atoms with Crippen molar-refractivity contribution in [1.29, 1.82) is 0 Å². The Labute approximate surface area is 105 Å². The molecule has 1 unspecified atom stereocenters. The summed E-state index contributed by atoms with van der Waals surface area (Å²) in [6.07, 6.45) is -1.38. The van der Waals surface area contributed by atoms with Crippen LogP contribution in [0.5, 0.6) is 0 Å². The summed E-state index contributed by atoms with van der Waals surface area (Å²) in [5, 5.41) is -0.222. The Morgan fingerprint density at radius 2 is 1.93 bits per heavy atom. The van der Waals surface area contributed by atoms with Gasteiger partial charge in [-0.3, -0.25) is 4.90 Å². The number of amidine groups is 2. The van der Waals surface area contributed by atoms with Crippen LogP contribution < -0.4 is 0 Å². The SMILES string of the molecule is CC1=NC(Cl)=NC(C(Cl)(Cl)Cl)N1C(F)F. The zero-order chi connectivity index (χ0) is 11.8. The first-order chi connectivity index (χ1) is 6.73. The summed E-state index contributed by atoms with van der Waals surface area (Å²) in [5.41, 5.74) is 0. The van der Waals surface area contributed by atoms with E-state index in [-0.39, 0.29) is 11.1 Å². The molecule has 15 heavy (non-hydrogen) atoms. The fraction of sp³-hybridized carbons (Fsp3) is 0.667. The summed E-state index contributed by atoms with van der Waals surface area (Å²) < 4.78 is 23.3. The van der Waals surface area contributed by atoms with Gasteiger partial charge in [-0.2, -0.15) is 8.78 Å². The predicted octanol–water partition coefficient (Wildman–Crippen LogP) is 3.23. The van der Waals surface area contributed by atoms with Gasteiger partial charge in [0.25, 0.3) is 0 Å². The van der Waals surface area contributed by atoms with Gasteiger partial charge in [-0.25, -0.2) is 9.98 Å². The highest BCUT2D eigenvalue weighted by Gasteiger charge is 2.43. The summed E-state index contributed by atoms with van der Waals surface area (Å²) in [6.45, 7) is -1.55. The quantitative estimate of drug-likeness (QED) is 0.539. The Morgan fingerprint density at radius 1 is 1.40 bits per heavy atom. The second kappa shape index (κ2) is 4.57. The lowest BCUT2D eigenvalue weighted by Gasteiger charge is -2.35. The van der Waals surface area contributed by atoms with Crippen molar-refractivity contribution in [3.05, 3.63) is 0 Å². The lowest BCUT2D eigenvalue weighted by Crippen LogP contribution is -2.50. The van der Waals surface area contributed by atoms with E-state index in [0.29, 0.717) is 4.90 Å². The topological polar surface area (TPSA) is 28.0 Å². The summed E-state index contributed by atoms with van der Waals surface area (Å²) >= 11 is 22.0. The average molecular weight is 299 g/mol. The molecule has 1 aliphatic rings. The fourth-order valence-corrected chi connectivity index (χ4v) is 1.72. The molecular weight excluding hydrogens is 294 g/mol. The molecule has 3 nitrogen and oxygen atoms in total. The van der Waals surface area contributed by atoms with E-state index >= 15 is 0 Å². The minimum atomic E-state index is -2.87. The van der Waals surface area contributed by atoms with Crippen LogP contribution >= 0.6 is 46.4 Å². The van der Waals surface area contributed by atoms with Gasteiger partial charge in [0.15, 0.2) is 6.17 Å². The van der Waals surface area contributed by atoms with E-state index < -0.39 is 16.5 Å². The molecule has 0 radical (unpaired) electrons. The number of hydrogen-bond donors (Lipinski definition) is 0. The van der Waals surface area contributed by atoms with E-state index in [9.17, 15) is 8.78 Å². The second-order valence-corrected chi connectivity index (χ2v) is 5.36. The Kier molecular flexibility index (Phi) is 4.03. The highest BCUT2D eigenvalue weighted by Crippen LogP contribution is 2.37.